The van der Waals surface area contributed by atoms with Gasteiger partial charge in [-0.1, -0.05) is 38.1 Å². The summed E-state index contributed by atoms with van der Waals surface area (Å²) in [6.07, 6.45) is 1.14. The van der Waals surface area contributed by atoms with E-state index in [1.54, 1.807) is 0 Å². The SMILES string of the molecule is CCCNCc1ccc(OCc2noc(C(C)C)n2)cc1. The average Bonchev–Trinajstić information content (AvgIpc) is 2.96. The van der Waals surface area contributed by atoms with E-state index in [-0.39, 0.29) is 5.92 Å². The Morgan fingerprint density at radius 3 is 2.62 bits per heavy atom. The summed E-state index contributed by atoms with van der Waals surface area (Å²) < 4.78 is 10.8. The van der Waals surface area contributed by atoms with Gasteiger partial charge in [0.05, 0.1) is 0 Å². The van der Waals surface area contributed by atoms with E-state index in [9.17, 15) is 0 Å². The van der Waals surface area contributed by atoms with Gasteiger partial charge in [0.2, 0.25) is 11.7 Å². The maximum atomic E-state index is 5.66. The molecule has 0 aliphatic carbocycles. The fraction of sp³-hybridized carbons (Fsp3) is 0.500. The van der Waals surface area contributed by atoms with Crippen molar-refractivity contribution in [1.82, 2.24) is 15.5 Å². The van der Waals surface area contributed by atoms with E-state index in [1.165, 1.54) is 5.56 Å². The molecule has 2 aromatic rings. The molecule has 0 atom stereocenters. The van der Waals surface area contributed by atoms with Gasteiger partial charge in [-0.15, -0.1) is 0 Å². The highest BCUT2D eigenvalue weighted by molar-refractivity contribution is 5.27. The van der Waals surface area contributed by atoms with Crippen molar-refractivity contribution >= 4 is 0 Å². The van der Waals surface area contributed by atoms with Crippen molar-refractivity contribution < 1.29 is 9.26 Å². The molecule has 114 valence electrons. The van der Waals surface area contributed by atoms with E-state index >= 15 is 0 Å². The van der Waals surface area contributed by atoms with Crippen molar-refractivity contribution in [2.45, 2.75) is 46.3 Å². The number of benzene rings is 1. The lowest BCUT2D eigenvalue weighted by molar-refractivity contribution is 0.284. The van der Waals surface area contributed by atoms with E-state index < -0.39 is 0 Å². The van der Waals surface area contributed by atoms with Crippen LogP contribution in [0.25, 0.3) is 0 Å². The molecular formula is C16H23N3O2. The summed E-state index contributed by atoms with van der Waals surface area (Å²) in [5, 5.41) is 7.27. The minimum absolute atomic E-state index is 0.237. The molecule has 1 N–H and O–H groups in total. The van der Waals surface area contributed by atoms with Gasteiger partial charge in [0, 0.05) is 12.5 Å². The zero-order valence-electron chi connectivity index (χ0n) is 12.9. The van der Waals surface area contributed by atoms with Gasteiger partial charge in [-0.2, -0.15) is 4.98 Å². The second kappa shape index (κ2) is 7.78. The van der Waals surface area contributed by atoms with E-state index in [1.807, 2.05) is 26.0 Å². The first-order valence-electron chi connectivity index (χ1n) is 7.44. The predicted octanol–water partition coefficient (Wildman–Crippen LogP) is 3.27. The number of rotatable bonds is 8. The average molecular weight is 289 g/mol. The molecule has 0 bridgehead atoms. The lowest BCUT2D eigenvalue weighted by atomic mass is 10.2. The molecule has 0 radical (unpaired) electrons. The highest BCUT2D eigenvalue weighted by Crippen LogP contribution is 2.15. The summed E-state index contributed by atoms with van der Waals surface area (Å²) in [5.41, 5.74) is 1.25. The first-order chi connectivity index (χ1) is 10.2. The minimum atomic E-state index is 0.237. The van der Waals surface area contributed by atoms with Crippen molar-refractivity contribution in [1.29, 1.82) is 0 Å². The second-order valence-electron chi connectivity index (χ2n) is 5.31. The number of nitrogens with zero attached hydrogens (tertiary/aromatic N) is 2. The molecule has 1 aromatic heterocycles. The molecule has 0 spiro atoms. The van der Waals surface area contributed by atoms with Gasteiger partial charge in [-0.25, -0.2) is 0 Å². The molecule has 2 rings (SSSR count). The molecule has 0 fully saturated rings. The van der Waals surface area contributed by atoms with Crippen LogP contribution in [0.2, 0.25) is 0 Å². The highest BCUT2D eigenvalue weighted by atomic mass is 16.5. The summed E-state index contributed by atoms with van der Waals surface area (Å²) in [6, 6.07) is 8.06. The summed E-state index contributed by atoms with van der Waals surface area (Å²) in [6.45, 7) is 8.44. The van der Waals surface area contributed by atoms with Crippen LogP contribution in [0.5, 0.6) is 5.75 Å². The topological polar surface area (TPSA) is 60.2 Å². The summed E-state index contributed by atoms with van der Waals surface area (Å²) in [4.78, 5) is 4.28. The summed E-state index contributed by atoms with van der Waals surface area (Å²) in [7, 11) is 0. The molecule has 1 heterocycles. The van der Waals surface area contributed by atoms with Gasteiger partial charge in [0.1, 0.15) is 5.75 Å². The predicted molar refractivity (Wildman–Crippen MR) is 81.2 cm³/mol. The maximum absolute atomic E-state index is 5.66. The Balaban J connectivity index is 1.82. The van der Waals surface area contributed by atoms with Gasteiger partial charge in [-0.3, -0.25) is 0 Å². The summed E-state index contributed by atoms with van der Waals surface area (Å²) in [5.74, 6) is 2.27. The van der Waals surface area contributed by atoms with Gasteiger partial charge >= 0.3 is 0 Å². The van der Waals surface area contributed by atoms with Crippen LogP contribution >= 0.6 is 0 Å². The fourth-order valence-electron chi connectivity index (χ4n) is 1.82. The van der Waals surface area contributed by atoms with Gasteiger partial charge in [0.25, 0.3) is 0 Å². The number of ether oxygens (including phenoxy) is 1. The zero-order chi connectivity index (χ0) is 15.1. The van der Waals surface area contributed by atoms with E-state index in [4.69, 9.17) is 9.26 Å². The Bertz CT molecular complexity index is 535. The molecule has 0 saturated carbocycles. The molecule has 5 heteroatoms. The smallest absolute Gasteiger partial charge is 0.229 e. The van der Waals surface area contributed by atoms with Gasteiger partial charge in [-0.05, 0) is 30.7 Å². The Morgan fingerprint density at radius 2 is 2.00 bits per heavy atom. The monoisotopic (exact) mass is 289 g/mol. The molecule has 21 heavy (non-hydrogen) atoms. The van der Waals surface area contributed by atoms with Crippen LogP contribution in [0.15, 0.2) is 28.8 Å². The fourth-order valence-corrected chi connectivity index (χ4v) is 1.82. The normalized spacial score (nSPS) is 11.0. The third-order valence-electron chi connectivity index (χ3n) is 3.02. The lowest BCUT2D eigenvalue weighted by Gasteiger charge is -2.06. The van der Waals surface area contributed by atoms with Crippen molar-refractivity contribution in [2.75, 3.05) is 6.54 Å². The van der Waals surface area contributed by atoms with Crippen LogP contribution in [-0.4, -0.2) is 16.7 Å². The van der Waals surface area contributed by atoms with Crippen LogP contribution in [0.4, 0.5) is 0 Å². The Morgan fingerprint density at radius 1 is 1.24 bits per heavy atom. The van der Waals surface area contributed by atoms with E-state index in [0.29, 0.717) is 18.3 Å². The zero-order valence-corrected chi connectivity index (χ0v) is 12.9. The summed E-state index contributed by atoms with van der Waals surface area (Å²) >= 11 is 0. The molecule has 0 saturated heterocycles. The van der Waals surface area contributed by atoms with Crippen LogP contribution in [0.3, 0.4) is 0 Å². The Kier molecular flexibility index (Phi) is 5.75. The van der Waals surface area contributed by atoms with Crippen LogP contribution in [0.1, 0.15) is 50.4 Å². The molecule has 0 amide bonds. The number of hydrogen-bond donors (Lipinski definition) is 1. The molecule has 5 nitrogen and oxygen atoms in total. The largest absolute Gasteiger partial charge is 0.485 e. The molecule has 0 aliphatic heterocycles. The maximum Gasteiger partial charge on any atom is 0.229 e. The third kappa shape index (κ3) is 4.86. The van der Waals surface area contributed by atoms with Gasteiger partial charge < -0.3 is 14.6 Å². The highest BCUT2D eigenvalue weighted by Gasteiger charge is 2.10. The van der Waals surface area contributed by atoms with Crippen LogP contribution in [-0.2, 0) is 13.2 Å². The van der Waals surface area contributed by atoms with Gasteiger partial charge in [0.15, 0.2) is 6.61 Å². The van der Waals surface area contributed by atoms with Crippen molar-refractivity contribution in [3.63, 3.8) is 0 Å². The lowest BCUT2D eigenvalue weighted by Crippen LogP contribution is -2.13. The van der Waals surface area contributed by atoms with Crippen molar-refractivity contribution in [2.24, 2.45) is 0 Å². The quantitative estimate of drug-likeness (QED) is 0.756. The van der Waals surface area contributed by atoms with Crippen molar-refractivity contribution in [3.8, 4) is 5.75 Å². The first-order valence-corrected chi connectivity index (χ1v) is 7.44. The molecular weight excluding hydrogens is 266 g/mol. The second-order valence-corrected chi connectivity index (χ2v) is 5.31. The van der Waals surface area contributed by atoms with Crippen LogP contribution < -0.4 is 10.1 Å². The minimum Gasteiger partial charge on any atom is -0.485 e. The van der Waals surface area contributed by atoms with Crippen molar-refractivity contribution in [3.05, 3.63) is 41.5 Å². The molecule has 0 unspecified atom stereocenters. The number of hydrogen-bond acceptors (Lipinski definition) is 5. The van der Waals surface area contributed by atoms with E-state index in [2.05, 4.69) is 34.5 Å². The number of nitrogens with one attached hydrogen (secondary N) is 1. The van der Waals surface area contributed by atoms with E-state index in [0.717, 1.165) is 25.3 Å². The Hall–Kier alpha value is -1.88. The molecule has 0 aliphatic rings. The standard InChI is InChI=1S/C16H23N3O2/c1-4-9-17-10-13-5-7-14(8-6-13)20-11-15-18-16(12(2)3)21-19-15/h5-8,12,17H,4,9-11H2,1-3H3. The molecule has 1 aromatic carbocycles. The first kappa shape index (κ1) is 15.5. The van der Waals surface area contributed by atoms with Crippen LogP contribution in [0, 0.1) is 0 Å². The third-order valence-corrected chi connectivity index (χ3v) is 3.02. The number of aromatic nitrogens is 2. The Labute approximate surface area is 125 Å².